The summed E-state index contributed by atoms with van der Waals surface area (Å²) in [7, 11) is 1.41. The SMILES string of the molecule is CC(=O)NC1C(OC(C)C(O)[C@@H](CO)N(C)C(C)=O)OC(CO)C(O)C1O. The van der Waals surface area contributed by atoms with E-state index in [2.05, 4.69) is 5.32 Å². The Morgan fingerprint density at radius 2 is 1.81 bits per heavy atom. The quantitative estimate of drug-likeness (QED) is 0.245. The molecule has 11 heteroatoms. The molecule has 1 aliphatic rings. The van der Waals surface area contributed by atoms with Crippen LogP contribution in [0.5, 0.6) is 0 Å². The van der Waals surface area contributed by atoms with Crippen LogP contribution in [0.4, 0.5) is 0 Å². The largest absolute Gasteiger partial charge is 0.394 e. The number of rotatable bonds is 8. The minimum Gasteiger partial charge on any atom is -0.394 e. The molecule has 1 heterocycles. The first-order chi connectivity index (χ1) is 12.5. The van der Waals surface area contributed by atoms with Crippen LogP contribution in [-0.2, 0) is 19.1 Å². The molecule has 0 aromatic heterocycles. The molecule has 0 aliphatic carbocycles. The first-order valence-corrected chi connectivity index (χ1v) is 8.62. The summed E-state index contributed by atoms with van der Waals surface area (Å²) in [4.78, 5) is 24.1. The third-order valence-electron chi connectivity index (χ3n) is 4.66. The molecule has 11 nitrogen and oxygen atoms in total. The van der Waals surface area contributed by atoms with Gasteiger partial charge in [-0.05, 0) is 6.92 Å². The Balaban J connectivity index is 2.95. The summed E-state index contributed by atoms with van der Waals surface area (Å²) in [5, 5.41) is 51.9. The van der Waals surface area contributed by atoms with E-state index in [1.165, 1.54) is 27.8 Å². The van der Waals surface area contributed by atoms with E-state index in [-0.39, 0.29) is 5.91 Å². The summed E-state index contributed by atoms with van der Waals surface area (Å²) < 4.78 is 11.0. The van der Waals surface area contributed by atoms with Crippen molar-refractivity contribution < 1.29 is 44.6 Å². The average molecular weight is 394 g/mol. The minimum absolute atomic E-state index is 0.371. The molecule has 1 saturated heterocycles. The maximum absolute atomic E-state index is 11.5. The van der Waals surface area contributed by atoms with Gasteiger partial charge in [0.25, 0.3) is 0 Å². The van der Waals surface area contributed by atoms with Crippen LogP contribution in [0.15, 0.2) is 0 Å². The van der Waals surface area contributed by atoms with Gasteiger partial charge >= 0.3 is 0 Å². The number of nitrogens with zero attached hydrogens (tertiary/aromatic N) is 1. The second-order valence-electron chi connectivity index (χ2n) is 6.64. The molecule has 0 aromatic carbocycles. The number of carbonyl (C=O) groups is 2. The topological polar surface area (TPSA) is 169 Å². The summed E-state index contributed by atoms with van der Waals surface area (Å²) in [5.41, 5.74) is 0. The van der Waals surface area contributed by atoms with Crippen molar-refractivity contribution in [3.8, 4) is 0 Å². The van der Waals surface area contributed by atoms with E-state index >= 15 is 0 Å². The molecular formula is C16H30N2O9. The molecule has 8 atom stereocenters. The van der Waals surface area contributed by atoms with E-state index in [1.54, 1.807) is 0 Å². The Labute approximate surface area is 157 Å². The monoisotopic (exact) mass is 394 g/mol. The van der Waals surface area contributed by atoms with E-state index < -0.39 is 68.0 Å². The standard InChI is InChI=1S/C16H30N2O9/c1-7(13(23)10(5-19)18(4)9(3)22)26-16-12(17-8(2)21)15(25)14(24)11(6-20)27-16/h7,10-16,19-20,23-25H,5-6H2,1-4H3,(H,17,21)/t7?,10-,11?,12?,13?,14?,15?,16?/m1/s1. The van der Waals surface area contributed by atoms with Gasteiger partial charge in [-0.2, -0.15) is 0 Å². The number of hydrogen-bond donors (Lipinski definition) is 6. The van der Waals surface area contributed by atoms with Crippen molar-refractivity contribution in [2.75, 3.05) is 20.3 Å². The number of ether oxygens (including phenoxy) is 2. The lowest BCUT2D eigenvalue weighted by Crippen LogP contribution is -2.65. The van der Waals surface area contributed by atoms with E-state index in [0.29, 0.717) is 0 Å². The molecule has 0 radical (unpaired) electrons. The Bertz CT molecular complexity index is 506. The van der Waals surface area contributed by atoms with Crippen molar-refractivity contribution in [3.63, 3.8) is 0 Å². The summed E-state index contributed by atoms with van der Waals surface area (Å²) in [6.07, 6.45) is -7.71. The number of likely N-dealkylation sites (N-methyl/N-ethyl adjacent to an activating group) is 1. The van der Waals surface area contributed by atoms with Crippen LogP contribution in [0.2, 0.25) is 0 Å². The van der Waals surface area contributed by atoms with Crippen LogP contribution in [0.25, 0.3) is 0 Å². The van der Waals surface area contributed by atoms with Gasteiger partial charge in [0.15, 0.2) is 6.29 Å². The molecule has 27 heavy (non-hydrogen) atoms. The van der Waals surface area contributed by atoms with E-state index in [1.807, 2.05) is 0 Å². The molecule has 2 amide bonds. The molecule has 0 saturated carbocycles. The molecule has 0 bridgehead atoms. The number of aliphatic hydroxyl groups excluding tert-OH is 5. The summed E-state index contributed by atoms with van der Waals surface area (Å²) in [6.45, 7) is 2.82. The van der Waals surface area contributed by atoms with Crippen molar-refractivity contribution in [3.05, 3.63) is 0 Å². The zero-order valence-corrected chi connectivity index (χ0v) is 15.8. The minimum atomic E-state index is -1.48. The lowest BCUT2D eigenvalue weighted by atomic mass is 9.96. The van der Waals surface area contributed by atoms with Gasteiger partial charge in [-0.1, -0.05) is 0 Å². The van der Waals surface area contributed by atoms with Gasteiger partial charge in [-0.3, -0.25) is 9.59 Å². The smallest absolute Gasteiger partial charge is 0.219 e. The van der Waals surface area contributed by atoms with Crippen LogP contribution in [-0.4, -0.2) is 111 Å². The predicted octanol–water partition coefficient (Wildman–Crippen LogP) is -3.46. The number of carbonyl (C=O) groups excluding carboxylic acids is 2. The van der Waals surface area contributed by atoms with Gasteiger partial charge < -0.3 is 45.2 Å². The second-order valence-corrected chi connectivity index (χ2v) is 6.64. The maximum atomic E-state index is 11.5. The first kappa shape index (κ1) is 23.7. The zero-order valence-electron chi connectivity index (χ0n) is 15.8. The highest BCUT2D eigenvalue weighted by atomic mass is 16.7. The van der Waals surface area contributed by atoms with Gasteiger partial charge in [-0.15, -0.1) is 0 Å². The predicted molar refractivity (Wildman–Crippen MR) is 91.2 cm³/mol. The number of amides is 2. The van der Waals surface area contributed by atoms with Crippen molar-refractivity contribution >= 4 is 11.8 Å². The average Bonchev–Trinajstić information content (AvgIpc) is 2.60. The van der Waals surface area contributed by atoms with E-state index in [0.717, 1.165) is 4.90 Å². The van der Waals surface area contributed by atoms with Gasteiger partial charge in [-0.25, -0.2) is 0 Å². The lowest BCUT2D eigenvalue weighted by Gasteiger charge is -2.44. The molecule has 0 spiro atoms. The fourth-order valence-corrected chi connectivity index (χ4v) is 2.88. The van der Waals surface area contributed by atoms with Gasteiger partial charge in [0.1, 0.15) is 30.5 Å². The van der Waals surface area contributed by atoms with Crippen molar-refractivity contribution in [1.29, 1.82) is 0 Å². The van der Waals surface area contributed by atoms with Crippen LogP contribution in [0, 0.1) is 0 Å². The van der Waals surface area contributed by atoms with Crippen molar-refractivity contribution in [1.82, 2.24) is 10.2 Å². The fourth-order valence-electron chi connectivity index (χ4n) is 2.88. The molecule has 6 N–H and O–H groups in total. The van der Waals surface area contributed by atoms with Crippen molar-refractivity contribution in [2.24, 2.45) is 0 Å². The molecule has 1 aliphatic heterocycles. The third-order valence-corrected chi connectivity index (χ3v) is 4.66. The third kappa shape index (κ3) is 5.82. The van der Waals surface area contributed by atoms with E-state index in [4.69, 9.17) is 9.47 Å². The molecule has 158 valence electrons. The molecule has 0 aromatic rings. The van der Waals surface area contributed by atoms with Crippen LogP contribution >= 0.6 is 0 Å². The molecule has 1 fully saturated rings. The molecule has 7 unspecified atom stereocenters. The normalized spacial score (nSPS) is 31.7. The Hall–Kier alpha value is -1.34. The highest BCUT2D eigenvalue weighted by Crippen LogP contribution is 2.24. The number of nitrogens with one attached hydrogen (secondary N) is 1. The summed E-state index contributed by atoms with van der Waals surface area (Å²) >= 11 is 0. The summed E-state index contributed by atoms with van der Waals surface area (Å²) in [5.74, 6) is -0.882. The fraction of sp³-hybridized carbons (Fsp3) is 0.875. The van der Waals surface area contributed by atoms with Gasteiger partial charge in [0.05, 0.1) is 25.4 Å². The van der Waals surface area contributed by atoms with Crippen LogP contribution < -0.4 is 5.32 Å². The van der Waals surface area contributed by atoms with Crippen LogP contribution in [0.1, 0.15) is 20.8 Å². The highest BCUT2D eigenvalue weighted by Gasteiger charge is 2.46. The van der Waals surface area contributed by atoms with E-state index in [9.17, 15) is 35.1 Å². The molecule has 1 rings (SSSR count). The Morgan fingerprint density at radius 3 is 2.26 bits per heavy atom. The lowest BCUT2D eigenvalue weighted by molar-refractivity contribution is -0.288. The van der Waals surface area contributed by atoms with Gasteiger partial charge in [0.2, 0.25) is 11.8 Å². The zero-order chi connectivity index (χ0) is 20.9. The number of aliphatic hydroxyl groups is 5. The Morgan fingerprint density at radius 1 is 1.22 bits per heavy atom. The Kier molecular flexibility index (Phi) is 9.02. The van der Waals surface area contributed by atoms with Crippen molar-refractivity contribution in [2.45, 2.75) is 69.7 Å². The highest BCUT2D eigenvalue weighted by molar-refractivity contribution is 5.73. The summed E-state index contributed by atoms with van der Waals surface area (Å²) in [6, 6.07) is -2.11. The second kappa shape index (κ2) is 10.3. The maximum Gasteiger partial charge on any atom is 0.219 e. The molecular weight excluding hydrogens is 364 g/mol. The number of hydrogen-bond acceptors (Lipinski definition) is 9. The van der Waals surface area contributed by atoms with Crippen LogP contribution in [0.3, 0.4) is 0 Å². The van der Waals surface area contributed by atoms with Gasteiger partial charge in [0, 0.05) is 20.9 Å². The first-order valence-electron chi connectivity index (χ1n) is 8.62.